The molecule has 1 aliphatic carbocycles. The van der Waals surface area contributed by atoms with Crippen molar-refractivity contribution in [3.05, 3.63) is 11.1 Å². The lowest BCUT2D eigenvalue weighted by molar-refractivity contribution is -0.131. The van der Waals surface area contributed by atoms with Crippen LogP contribution in [0.15, 0.2) is 11.1 Å². The molecule has 1 saturated heterocycles. The Kier molecular flexibility index (Phi) is 6.12. The second-order valence-corrected chi connectivity index (χ2v) is 8.80. The van der Waals surface area contributed by atoms with Gasteiger partial charge in [-0.2, -0.15) is 0 Å². The summed E-state index contributed by atoms with van der Waals surface area (Å²) in [4.78, 5) is 38.1. The van der Waals surface area contributed by atoms with Crippen molar-refractivity contribution in [2.45, 2.75) is 59.4 Å². The van der Waals surface area contributed by atoms with Crippen LogP contribution >= 0.6 is 11.8 Å². The number of rotatable bonds is 4. The normalized spacial score (nSPS) is 26.8. The van der Waals surface area contributed by atoms with Gasteiger partial charge in [0.15, 0.2) is 5.78 Å². The molecule has 1 aliphatic heterocycles. The Bertz CT molecular complexity index is 551. The fourth-order valence-electron chi connectivity index (χ4n) is 2.96. The highest BCUT2D eigenvalue weighted by molar-refractivity contribution is 8.04. The third-order valence-corrected chi connectivity index (χ3v) is 5.69. The molecule has 0 aromatic heterocycles. The highest BCUT2D eigenvalue weighted by Gasteiger charge is 2.32. The zero-order valence-corrected chi connectivity index (χ0v) is 15.9. The maximum absolute atomic E-state index is 12.4. The van der Waals surface area contributed by atoms with Crippen molar-refractivity contribution < 1.29 is 14.4 Å². The van der Waals surface area contributed by atoms with Crippen molar-refractivity contribution in [3.63, 3.8) is 0 Å². The monoisotopic (exact) mass is 352 g/mol. The van der Waals surface area contributed by atoms with Gasteiger partial charge in [-0.25, -0.2) is 0 Å². The first-order valence-corrected chi connectivity index (χ1v) is 9.65. The minimum atomic E-state index is -0.495. The zero-order chi connectivity index (χ0) is 17.9. The molecule has 0 radical (unpaired) electrons. The quantitative estimate of drug-likeness (QED) is 0.790. The maximum Gasteiger partial charge on any atom is 0.240 e. The van der Waals surface area contributed by atoms with E-state index in [2.05, 4.69) is 12.2 Å². The summed E-state index contributed by atoms with van der Waals surface area (Å²) in [6, 6.07) is 0.195. The van der Waals surface area contributed by atoms with Gasteiger partial charge in [0.1, 0.15) is 6.54 Å². The molecule has 2 unspecified atom stereocenters. The second kappa shape index (κ2) is 7.72. The third-order valence-electron chi connectivity index (χ3n) is 4.66. The van der Waals surface area contributed by atoms with Crippen LogP contribution in [0.1, 0.15) is 53.4 Å². The minimum Gasteiger partial charge on any atom is -0.352 e. The van der Waals surface area contributed by atoms with E-state index in [1.807, 2.05) is 20.8 Å². The molecular weight excluding hydrogens is 324 g/mol. The van der Waals surface area contributed by atoms with Crippen LogP contribution in [0.4, 0.5) is 0 Å². The highest BCUT2D eigenvalue weighted by atomic mass is 32.2. The molecule has 1 heterocycles. The molecular formula is C18H28N2O3S. The van der Waals surface area contributed by atoms with Crippen molar-refractivity contribution in [1.29, 1.82) is 0 Å². The molecule has 2 fully saturated rings. The van der Waals surface area contributed by atoms with Gasteiger partial charge < -0.3 is 5.32 Å². The molecule has 0 spiro atoms. The van der Waals surface area contributed by atoms with Gasteiger partial charge >= 0.3 is 0 Å². The van der Waals surface area contributed by atoms with E-state index in [9.17, 15) is 14.4 Å². The summed E-state index contributed by atoms with van der Waals surface area (Å²) in [6.45, 7) is 7.69. The molecule has 0 aromatic carbocycles. The molecule has 0 bridgehead atoms. The number of ketones is 1. The van der Waals surface area contributed by atoms with Crippen LogP contribution in [-0.2, 0) is 14.4 Å². The lowest BCUT2D eigenvalue weighted by Gasteiger charge is -2.30. The summed E-state index contributed by atoms with van der Waals surface area (Å²) in [5, 5.41) is 3.66. The van der Waals surface area contributed by atoms with Crippen LogP contribution in [-0.4, -0.2) is 40.8 Å². The van der Waals surface area contributed by atoms with E-state index < -0.39 is 5.41 Å². The van der Waals surface area contributed by atoms with Crippen molar-refractivity contribution >= 4 is 29.4 Å². The van der Waals surface area contributed by atoms with Crippen molar-refractivity contribution in [1.82, 2.24) is 10.2 Å². The predicted octanol–water partition coefficient (Wildman–Crippen LogP) is 2.71. The molecule has 1 N–H and O–H groups in total. The van der Waals surface area contributed by atoms with E-state index in [4.69, 9.17) is 0 Å². The van der Waals surface area contributed by atoms with Gasteiger partial charge in [0.25, 0.3) is 0 Å². The summed E-state index contributed by atoms with van der Waals surface area (Å²) in [5.74, 6) is 0.476. The first-order valence-electron chi connectivity index (χ1n) is 8.67. The number of nitrogens with one attached hydrogen (secondary N) is 1. The zero-order valence-electron chi connectivity index (χ0n) is 15.1. The highest BCUT2D eigenvalue weighted by Crippen LogP contribution is 2.30. The van der Waals surface area contributed by atoms with Gasteiger partial charge in [0, 0.05) is 17.5 Å². The molecule has 2 amide bonds. The summed E-state index contributed by atoms with van der Waals surface area (Å²) >= 11 is 1.33. The summed E-state index contributed by atoms with van der Waals surface area (Å²) in [7, 11) is 0. The number of carbonyl (C=O) groups is 3. The van der Waals surface area contributed by atoms with E-state index in [-0.39, 0.29) is 35.9 Å². The van der Waals surface area contributed by atoms with E-state index in [0.29, 0.717) is 10.9 Å². The molecule has 2 atom stereocenters. The van der Waals surface area contributed by atoms with Crippen LogP contribution in [0, 0.1) is 11.3 Å². The number of carbonyl (C=O) groups excluding carboxylic acids is 3. The largest absolute Gasteiger partial charge is 0.352 e. The second-order valence-electron chi connectivity index (χ2n) is 7.80. The van der Waals surface area contributed by atoms with Crippen LogP contribution in [0.2, 0.25) is 0 Å². The van der Waals surface area contributed by atoms with Gasteiger partial charge in [-0.05, 0) is 18.8 Å². The Morgan fingerprint density at radius 3 is 2.58 bits per heavy atom. The molecule has 1 saturated carbocycles. The lowest BCUT2D eigenvalue weighted by atomic mass is 9.86. The Morgan fingerprint density at radius 1 is 1.29 bits per heavy atom. The van der Waals surface area contributed by atoms with E-state index in [0.717, 1.165) is 19.3 Å². The Morgan fingerprint density at radius 2 is 1.96 bits per heavy atom. The molecule has 5 nitrogen and oxygen atoms in total. The number of hydrogen-bond acceptors (Lipinski definition) is 4. The minimum absolute atomic E-state index is 0.00168. The van der Waals surface area contributed by atoms with E-state index in [1.54, 1.807) is 0 Å². The number of allylic oxidation sites excluding steroid dienone is 1. The van der Waals surface area contributed by atoms with Crippen LogP contribution in [0.25, 0.3) is 0 Å². The van der Waals surface area contributed by atoms with Crippen molar-refractivity contribution in [2.24, 2.45) is 11.3 Å². The summed E-state index contributed by atoms with van der Waals surface area (Å²) < 4.78 is 0. The Labute approximate surface area is 148 Å². The van der Waals surface area contributed by atoms with Crippen molar-refractivity contribution in [2.75, 3.05) is 12.3 Å². The summed E-state index contributed by atoms with van der Waals surface area (Å²) in [5.41, 5.74) is -0.495. The third kappa shape index (κ3) is 4.85. The standard InChI is InChI=1S/C18H28N2O3S/c1-12-7-5-6-8-13(12)19-15(22)10-20-16(23)11-24-17(20)9-14(21)18(2,3)4/h9,12-13H,5-8,10-11H2,1-4H3,(H,19,22)/b17-9-. The fraction of sp³-hybridized carbons (Fsp3) is 0.722. The fourth-order valence-corrected chi connectivity index (χ4v) is 3.90. The van der Waals surface area contributed by atoms with Crippen molar-refractivity contribution in [3.8, 4) is 0 Å². The first-order chi connectivity index (χ1) is 11.2. The molecule has 2 aliphatic rings. The number of amides is 2. The lowest BCUT2D eigenvalue weighted by Crippen LogP contribution is -2.45. The van der Waals surface area contributed by atoms with Crippen LogP contribution < -0.4 is 5.32 Å². The molecule has 24 heavy (non-hydrogen) atoms. The molecule has 2 rings (SSSR count). The Balaban J connectivity index is 2.00. The SMILES string of the molecule is CC1CCCCC1NC(=O)CN1C(=O)CS/C1=C\C(=O)C(C)(C)C. The summed E-state index contributed by atoms with van der Waals surface area (Å²) in [6.07, 6.45) is 6.00. The molecule has 134 valence electrons. The average molecular weight is 353 g/mol. The van der Waals surface area contributed by atoms with Gasteiger partial charge in [0.2, 0.25) is 11.8 Å². The smallest absolute Gasteiger partial charge is 0.240 e. The van der Waals surface area contributed by atoms with E-state index >= 15 is 0 Å². The first kappa shape index (κ1) is 19.0. The van der Waals surface area contributed by atoms with Gasteiger partial charge in [-0.3, -0.25) is 19.3 Å². The van der Waals surface area contributed by atoms with Crippen LogP contribution in [0.5, 0.6) is 0 Å². The number of hydrogen-bond donors (Lipinski definition) is 1. The number of thioether (sulfide) groups is 1. The van der Waals surface area contributed by atoms with E-state index in [1.165, 1.54) is 29.2 Å². The maximum atomic E-state index is 12.4. The van der Waals surface area contributed by atoms with Gasteiger partial charge in [-0.15, -0.1) is 0 Å². The van der Waals surface area contributed by atoms with Crippen LogP contribution in [0.3, 0.4) is 0 Å². The molecule has 0 aromatic rings. The van der Waals surface area contributed by atoms with Gasteiger partial charge in [0.05, 0.1) is 10.8 Å². The number of nitrogens with zero attached hydrogens (tertiary/aromatic N) is 1. The Hall–Kier alpha value is -1.30. The molecule has 6 heteroatoms. The topological polar surface area (TPSA) is 66.5 Å². The average Bonchev–Trinajstić information content (AvgIpc) is 2.81. The van der Waals surface area contributed by atoms with Gasteiger partial charge in [-0.1, -0.05) is 52.3 Å². The predicted molar refractivity (Wildman–Crippen MR) is 96.3 cm³/mol.